The van der Waals surface area contributed by atoms with Crippen LogP contribution in [0.4, 0.5) is 5.69 Å². The summed E-state index contributed by atoms with van der Waals surface area (Å²) in [6.07, 6.45) is 2.16. The van der Waals surface area contributed by atoms with Crippen LogP contribution >= 0.6 is 11.6 Å². The number of benzene rings is 2. The van der Waals surface area contributed by atoms with Crippen molar-refractivity contribution >= 4 is 23.1 Å². The lowest BCUT2D eigenvalue weighted by Crippen LogP contribution is -2.50. The summed E-state index contributed by atoms with van der Waals surface area (Å²) >= 11 is 5.95. The summed E-state index contributed by atoms with van der Waals surface area (Å²) in [6, 6.07) is 20.5. The molecule has 0 spiro atoms. The van der Waals surface area contributed by atoms with Crippen molar-refractivity contribution in [1.82, 2.24) is 9.47 Å². The first-order valence-corrected chi connectivity index (χ1v) is 10.1. The van der Waals surface area contributed by atoms with Crippen molar-refractivity contribution in [3.8, 4) is 0 Å². The number of rotatable bonds is 3. The summed E-state index contributed by atoms with van der Waals surface area (Å²) in [6.45, 7) is 3.98. The monoisotopic (exact) mass is 391 g/mol. The quantitative estimate of drug-likeness (QED) is 0.625. The summed E-state index contributed by atoms with van der Waals surface area (Å²) in [5.41, 5.74) is 4.72. The summed E-state index contributed by atoms with van der Waals surface area (Å²) in [4.78, 5) is 17.5. The number of hydrogen-bond donors (Lipinski definition) is 0. The van der Waals surface area contributed by atoms with Crippen molar-refractivity contribution < 1.29 is 4.79 Å². The van der Waals surface area contributed by atoms with E-state index in [-0.39, 0.29) is 11.8 Å². The van der Waals surface area contributed by atoms with Crippen molar-refractivity contribution in [2.24, 2.45) is 0 Å². The minimum Gasteiger partial charge on any atom is -0.360 e. The third kappa shape index (κ3) is 3.13. The molecule has 1 unspecified atom stereocenters. The van der Waals surface area contributed by atoms with Crippen molar-refractivity contribution in [1.29, 1.82) is 0 Å². The van der Waals surface area contributed by atoms with E-state index in [1.165, 1.54) is 16.9 Å². The summed E-state index contributed by atoms with van der Waals surface area (Å²) in [5, 5.41) is 0.656. The highest BCUT2D eigenvalue weighted by Crippen LogP contribution is 2.36. The van der Waals surface area contributed by atoms with Gasteiger partial charge in [-0.05, 0) is 48.0 Å². The minimum atomic E-state index is 0.148. The molecule has 5 rings (SSSR count). The van der Waals surface area contributed by atoms with Crippen LogP contribution in [0.3, 0.4) is 0 Å². The number of para-hydroxylation sites is 1. The van der Waals surface area contributed by atoms with Gasteiger partial charge < -0.3 is 9.47 Å². The fraction of sp³-hybridized carbons (Fsp3) is 0.261. The zero-order valence-electron chi connectivity index (χ0n) is 15.6. The molecule has 0 bridgehead atoms. The first-order chi connectivity index (χ1) is 13.7. The maximum atomic E-state index is 12.7. The number of piperazine rings is 1. The molecule has 1 saturated heterocycles. The standard InChI is InChI=1S/C23H22ClN3O/c24-19-9-7-17(8-10-19)23(28)16-25-12-13-27-20-5-2-1-4-18(20)14-26-11-3-6-21(26)22(27)15-25/h1-11,22H,12-16H2. The highest BCUT2D eigenvalue weighted by atomic mass is 35.5. The molecular formula is C23H22ClN3O. The molecule has 2 aromatic carbocycles. The molecule has 0 amide bonds. The number of Topliss-reactive ketones (excluding diaryl/α,β-unsaturated/α-hetero) is 1. The van der Waals surface area contributed by atoms with Gasteiger partial charge in [-0.15, -0.1) is 0 Å². The van der Waals surface area contributed by atoms with Gasteiger partial charge in [0.05, 0.1) is 12.6 Å². The predicted octanol–water partition coefficient (Wildman–Crippen LogP) is 4.25. The lowest BCUT2D eigenvalue weighted by atomic mass is 10.0. The van der Waals surface area contributed by atoms with Crippen molar-refractivity contribution in [2.75, 3.05) is 31.1 Å². The minimum absolute atomic E-state index is 0.148. The molecule has 4 nitrogen and oxygen atoms in total. The van der Waals surface area contributed by atoms with Crippen LogP contribution in [-0.2, 0) is 6.54 Å². The second-order valence-corrected chi connectivity index (χ2v) is 8.00. The maximum Gasteiger partial charge on any atom is 0.176 e. The van der Waals surface area contributed by atoms with Gasteiger partial charge in [0.15, 0.2) is 5.78 Å². The molecule has 2 aliphatic rings. The maximum absolute atomic E-state index is 12.7. The van der Waals surface area contributed by atoms with Gasteiger partial charge >= 0.3 is 0 Å². The van der Waals surface area contributed by atoms with Gasteiger partial charge in [-0.3, -0.25) is 9.69 Å². The molecule has 0 saturated carbocycles. The number of nitrogens with zero attached hydrogens (tertiary/aromatic N) is 3. The Labute approximate surface area is 169 Å². The number of ketones is 1. The summed E-state index contributed by atoms with van der Waals surface area (Å²) in [7, 11) is 0. The Hall–Kier alpha value is -2.56. The van der Waals surface area contributed by atoms with E-state index in [0.717, 1.165) is 31.7 Å². The van der Waals surface area contributed by atoms with E-state index in [9.17, 15) is 4.79 Å². The number of carbonyl (C=O) groups excluding carboxylic acids is 1. The van der Waals surface area contributed by atoms with Crippen LogP contribution in [0.2, 0.25) is 5.02 Å². The molecule has 1 aromatic heterocycles. The lowest BCUT2D eigenvalue weighted by molar-refractivity contribution is 0.0913. The first-order valence-electron chi connectivity index (χ1n) is 9.70. The first kappa shape index (κ1) is 17.5. The van der Waals surface area contributed by atoms with E-state index in [4.69, 9.17) is 11.6 Å². The summed E-state index contributed by atoms with van der Waals surface area (Å²) in [5.74, 6) is 0.148. The van der Waals surface area contributed by atoms with Crippen LogP contribution in [0.1, 0.15) is 27.7 Å². The molecule has 5 heteroatoms. The Bertz CT molecular complexity index is 1010. The average molecular weight is 392 g/mol. The molecule has 2 aliphatic heterocycles. The normalized spacial score (nSPS) is 18.8. The van der Waals surface area contributed by atoms with E-state index in [1.807, 2.05) is 12.1 Å². The van der Waals surface area contributed by atoms with E-state index in [1.54, 1.807) is 12.1 Å². The fourth-order valence-electron chi connectivity index (χ4n) is 4.44. The molecule has 3 aromatic rings. The second-order valence-electron chi connectivity index (χ2n) is 7.56. The van der Waals surface area contributed by atoms with Crippen molar-refractivity contribution in [3.63, 3.8) is 0 Å². The van der Waals surface area contributed by atoms with E-state index >= 15 is 0 Å². The summed E-state index contributed by atoms with van der Waals surface area (Å²) < 4.78 is 2.34. The Morgan fingerprint density at radius 1 is 1.00 bits per heavy atom. The molecule has 142 valence electrons. The molecular weight excluding hydrogens is 370 g/mol. The van der Waals surface area contributed by atoms with Crippen LogP contribution in [-0.4, -0.2) is 41.4 Å². The zero-order valence-corrected chi connectivity index (χ0v) is 16.3. The lowest BCUT2D eigenvalue weighted by Gasteiger charge is -2.42. The van der Waals surface area contributed by atoms with Crippen LogP contribution in [0.25, 0.3) is 0 Å². The van der Waals surface area contributed by atoms with Gasteiger partial charge in [-0.2, -0.15) is 0 Å². The molecule has 1 atom stereocenters. The van der Waals surface area contributed by atoms with E-state index in [2.05, 4.69) is 57.0 Å². The molecule has 0 N–H and O–H groups in total. The largest absolute Gasteiger partial charge is 0.360 e. The van der Waals surface area contributed by atoms with Crippen LogP contribution in [0, 0.1) is 0 Å². The number of aromatic nitrogens is 1. The van der Waals surface area contributed by atoms with Crippen molar-refractivity contribution in [2.45, 2.75) is 12.6 Å². The number of carbonyl (C=O) groups is 1. The highest BCUT2D eigenvalue weighted by molar-refractivity contribution is 6.30. The Morgan fingerprint density at radius 2 is 1.82 bits per heavy atom. The molecule has 28 heavy (non-hydrogen) atoms. The zero-order chi connectivity index (χ0) is 19.1. The second kappa shape index (κ2) is 7.12. The van der Waals surface area contributed by atoms with Gasteiger partial charge in [0.2, 0.25) is 0 Å². The number of hydrogen-bond acceptors (Lipinski definition) is 3. The Kier molecular flexibility index (Phi) is 4.46. The average Bonchev–Trinajstić information content (AvgIpc) is 3.12. The fourth-order valence-corrected chi connectivity index (χ4v) is 4.56. The SMILES string of the molecule is O=C(CN1CCN2c3ccccc3Cn3cccc3C2C1)c1ccc(Cl)cc1. The van der Waals surface area contributed by atoms with Gasteiger partial charge in [-0.25, -0.2) is 0 Å². The Morgan fingerprint density at radius 3 is 2.68 bits per heavy atom. The predicted molar refractivity (Wildman–Crippen MR) is 112 cm³/mol. The van der Waals surface area contributed by atoms with Crippen LogP contribution < -0.4 is 4.90 Å². The third-order valence-electron chi connectivity index (χ3n) is 5.85. The smallest absolute Gasteiger partial charge is 0.176 e. The molecule has 0 aliphatic carbocycles. The van der Waals surface area contributed by atoms with Gasteiger partial charge in [-0.1, -0.05) is 29.8 Å². The van der Waals surface area contributed by atoms with E-state index in [0.29, 0.717) is 11.6 Å². The molecule has 0 radical (unpaired) electrons. The molecule has 3 heterocycles. The number of halogens is 1. The highest BCUT2D eigenvalue weighted by Gasteiger charge is 2.33. The Balaban J connectivity index is 1.40. The van der Waals surface area contributed by atoms with Crippen LogP contribution in [0.5, 0.6) is 0 Å². The van der Waals surface area contributed by atoms with Gasteiger partial charge in [0, 0.05) is 54.3 Å². The number of anilines is 1. The topological polar surface area (TPSA) is 28.5 Å². The molecule has 1 fully saturated rings. The van der Waals surface area contributed by atoms with Gasteiger partial charge in [0.1, 0.15) is 0 Å². The third-order valence-corrected chi connectivity index (χ3v) is 6.10. The van der Waals surface area contributed by atoms with Gasteiger partial charge in [0.25, 0.3) is 0 Å². The number of fused-ring (bicyclic) bond motifs is 5. The van der Waals surface area contributed by atoms with E-state index < -0.39 is 0 Å². The van der Waals surface area contributed by atoms with Crippen molar-refractivity contribution in [3.05, 3.63) is 88.7 Å². The van der Waals surface area contributed by atoms with Crippen LogP contribution in [0.15, 0.2) is 66.9 Å².